The highest BCUT2D eigenvalue weighted by Gasteiger charge is 2.14. The summed E-state index contributed by atoms with van der Waals surface area (Å²) in [5.74, 6) is -0.116. The highest BCUT2D eigenvalue weighted by Crippen LogP contribution is 2.25. The lowest BCUT2D eigenvalue weighted by molar-refractivity contribution is 0.0526. The Kier molecular flexibility index (Phi) is 4.01. The van der Waals surface area contributed by atoms with Crippen molar-refractivity contribution in [2.24, 2.45) is 0 Å². The molecule has 0 amide bonds. The summed E-state index contributed by atoms with van der Waals surface area (Å²) in [6, 6.07) is 0. The van der Waals surface area contributed by atoms with Crippen molar-refractivity contribution in [1.82, 2.24) is 19.7 Å². The van der Waals surface area contributed by atoms with Crippen molar-refractivity contribution in [1.29, 1.82) is 0 Å². The minimum absolute atomic E-state index is 0.163. The number of nitrogens with zero attached hydrogens (tertiary/aromatic N) is 4. The average molecular weight is 347 g/mol. The van der Waals surface area contributed by atoms with E-state index in [-0.39, 0.29) is 23.5 Å². The molecule has 0 unspecified atom stereocenters. The Hall–Kier alpha value is -1.67. The molecule has 0 fully saturated rings. The molecule has 0 aliphatic carbocycles. The van der Waals surface area contributed by atoms with Crippen LogP contribution >= 0.6 is 27.5 Å². The quantitative estimate of drug-likeness (QED) is 0.673. The SMILES string of the molecule is CCOC(=O)c1cnn(-c2nc(N)c(Br)c(Cl)n2)c1. The molecule has 9 heteroatoms. The largest absolute Gasteiger partial charge is 0.462 e. The number of halogens is 2. The summed E-state index contributed by atoms with van der Waals surface area (Å²) >= 11 is 9.03. The third kappa shape index (κ3) is 2.85. The predicted octanol–water partition coefficient (Wildman–Crippen LogP) is 1.84. The smallest absolute Gasteiger partial charge is 0.341 e. The maximum absolute atomic E-state index is 11.5. The van der Waals surface area contributed by atoms with Crippen LogP contribution < -0.4 is 5.73 Å². The first-order valence-electron chi connectivity index (χ1n) is 5.23. The third-order valence-electron chi connectivity index (χ3n) is 2.12. The van der Waals surface area contributed by atoms with Gasteiger partial charge in [-0.15, -0.1) is 0 Å². The van der Waals surface area contributed by atoms with Crippen molar-refractivity contribution in [3.8, 4) is 5.95 Å². The first kappa shape index (κ1) is 13.8. The van der Waals surface area contributed by atoms with Gasteiger partial charge in [0.05, 0.1) is 22.8 Å². The zero-order valence-corrected chi connectivity index (χ0v) is 12.1. The summed E-state index contributed by atoms with van der Waals surface area (Å²) in [7, 11) is 0. The Morgan fingerprint density at radius 3 is 2.95 bits per heavy atom. The van der Waals surface area contributed by atoms with E-state index >= 15 is 0 Å². The molecule has 0 atom stereocenters. The number of ether oxygens (including phenoxy) is 1. The molecule has 2 N–H and O–H groups in total. The van der Waals surface area contributed by atoms with Crippen molar-refractivity contribution >= 4 is 39.3 Å². The molecule has 100 valence electrons. The van der Waals surface area contributed by atoms with Crippen LogP contribution in [0.5, 0.6) is 0 Å². The average Bonchev–Trinajstić information content (AvgIpc) is 2.85. The Morgan fingerprint density at radius 2 is 2.32 bits per heavy atom. The fourth-order valence-corrected chi connectivity index (χ4v) is 1.63. The molecular weight excluding hydrogens is 338 g/mol. The minimum atomic E-state index is -0.468. The lowest BCUT2D eigenvalue weighted by Gasteiger charge is -2.03. The van der Waals surface area contributed by atoms with Crippen molar-refractivity contribution in [3.63, 3.8) is 0 Å². The van der Waals surface area contributed by atoms with Gasteiger partial charge in [0.2, 0.25) is 0 Å². The van der Waals surface area contributed by atoms with Gasteiger partial charge in [0.1, 0.15) is 5.82 Å². The van der Waals surface area contributed by atoms with Gasteiger partial charge in [-0.05, 0) is 22.9 Å². The number of hydrogen-bond donors (Lipinski definition) is 1. The molecule has 2 heterocycles. The van der Waals surface area contributed by atoms with Crippen LogP contribution in [0.2, 0.25) is 5.15 Å². The number of hydrogen-bond acceptors (Lipinski definition) is 6. The molecule has 2 rings (SSSR count). The standard InChI is InChI=1S/C10H9BrClN5O2/c1-2-19-9(18)5-3-14-17(4-5)10-15-7(12)6(11)8(13)16-10/h3-4H,2H2,1H3,(H2,13,15,16). The van der Waals surface area contributed by atoms with Gasteiger partial charge in [0.15, 0.2) is 5.15 Å². The van der Waals surface area contributed by atoms with E-state index in [1.165, 1.54) is 17.1 Å². The van der Waals surface area contributed by atoms with Crippen LogP contribution in [0.4, 0.5) is 5.82 Å². The number of esters is 1. The molecule has 2 aromatic rings. The summed E-state index contributed by atoms with van der Waals surface area (Å²) in [5, 5.41) is 4.13. The predicted molar refractivity (Wildman–Crippen MR) is 72.2 cm³/mol. The topological polar surface area (TPSA) is 95.9 Å². The monoisotopic (exact) mass is 345 g/mol. The highest BCUT2D eigenvalue weighted by molar-refractivity contribution is 9.10. The molecular formula is C10H9BrClN5O2. The van der Waals surface area contributed by atoms with E-state index < -0.39 is 5.97 Å². The molecule has 2 aromatic heterocycles. The summed E-state index contributed by atoms with van der Waals surface area (Å²) in [4.78, 5) is 19.5. The van der Waals surface area contributed by atoms with E-state index in [9.17, 15) is 4.79 Å². The van der Waals surface area contributed by atoms with Crippen LogP contribution in [0.3, 0.4) is 0 Å². The zero-order valence-electron chi connectivity index (χ0n) is 9.80. The molecule has 0 aromatic carbocycles. The van der Waals surface area contributed by atoms with Gasteiger partial charge >= 0.3 is 5.97 Å². The zero-order chi connectivity index (χ0) is 14.0. The molecule has 0 saturated heterocycles. The summed E-state index contributed by atoms with van der Waals surface area (Å²) < 4.78 is 6.56. The maximum Gasteiger partial charge on any atom is 0.341 e. The minimum Gasteiger partial charge on any atom is -0.462 e. The van der Waals surface area contributed by atoms with E-state index in [4.69, 9.17) is 22.1 Å². The van der Waals surface area contributed by atoms with E-state index in [1.54, 1.807) is 6.92 Å². The molecule has 0 spiro atoms. The molecule has 19 heavy (non-hydrogen) atoms. The first-order chi connectivity index (χ1) is 9.02. The second-order valence-electron chi connectivity index (χ2n) is 3.41. The number of nitrogen functional groups attached to an aromatic ring is 1. The lowest BCUT2D eigenvalue weighted by Crippen LogP contribution is -2.06. The van der Waals surface area contributed by atoms with Crippen LogP contribution in [0, 0.1) is 0 Å². The Labute approximate surface area is 121 Å². The van der Waals surface area contributed by atoms with Crippen LogP contribution in [0.25, 0.3) is 5.95 Å². The molecule has 0 radical (unpaired) electrons. The summed E-state index contributed by atoms with van der Waals surface area (Å²) in [6.45, 7) is 2.01. The second kappa shape index (κ2) is 5.54. The van der Waals surface area contributed by atoms with Crippen LogP contribution in [-0.2, 0) is 4.74 Å². The van der Waals surface area contributed by atoms with Gasteiger partial charge in [-0.1, -0.05) is 11.6 Å². The number of anilines is 1. The molecule has 0 saturated carbocycles. The second-order valence-corrected chi connectivity index (χ2v) is 4.56. The van der Waals surface area contributed by atoms with Crippen LogP contribution in [-0.4, -0.2) is 32.3 Å². The van der Waals surface area contributed by atoms with Gasteiger partial charge in [0.25, 0.3) is 5.95 Å². The van der Waals surface area contributed by atoms with Crippen molar-refractivity contribution < 1.29 is 9.53 Å². The molecule has 7 nitrogen and oxygen atoms in total. The Bertz CT molecular complexity index is 607. The van der Waals surface area contributed by atoms with E-state index in [0.29, 0.717) is 10.0 Å². The maximum atomic E-state index is 11.5. The van der Waals surface area contributed by atoms with Gasteiger partial charge in [0, 0.05) is 6.20 Å². The van der Waals surface area contributed by atoms with Gasteiger partial charge in [-0.25, -0.2) is 9.48 Å². The number of aromatic nitrogens is 4. The third-order valence-corrected chi connectivity index (χ3v) is 3.41. The van der Waals surface area contributed by atoms with Gasteiger partial charge in [-0.2, -0.15) is 15.1 Å². The number of carbonyl (C=O) groups is 1. The van der Waals surface area contributed by atoms with Gasteiger partial charge in [-0.3, -0.25) is 0 Å². The van der Waals surface area contributed by atoms with Gasteiger partial charge < -0.3 is 10.5 Å². The Morgan fingerprint density at radius 1 is 1.58 bits per heavy atom. The number of carbonyl (C=O) groups excluding carboxylic acids is 1. The molecule has 0 bridgehead atoms. The van der Waals surface area contributed by atoms with E-state index in [0.717, 1.165) is 0 Å². The van der Waals surface area contributed by atoms with E-state index in [1.807, 2.05) is 0 Å². The van der Waals surface area contributed by atoms with Crippen molar-refractivity contribution in [3.05, 3.63) is 27.6 Å². The summed E-state index contributed by atoms with van der Waals surface area (Å²) in [5.41, 5.74) is 5.95. The van der Waals surface area contributed by atoms with Crippen LogP contribution in [0.15, 0.2) is 16.9 Å². The van der Waals surface area contributed by atoms with Crippen molar-refractivity contribution in [2.75, 3.05) is 12.3 Å². The normalized spacial score (nSPS) is 10.5. The molecule has 0 aliphatic heterocycles. The van der Waals surface area contributed by atoms with E-state index in [2.05, 4.69) is 31.0 Å². The fraction of sp³-hybridized carbons (Fsp3) is 0.200. The first-order valence-corrected chi connectivity index (χ1v) is 6.40. The number of nitrogens with two attached hydrogens (primary N) is 1. The lowest BCUT2D eigenvalue weighted by atomic mass is 10.4. The number of rotatable bonds is 3. The molecule has 0 aliphatic rings. The highest BCUT2D eigenvalue weighted by atomic mass is 79.9. The van der Waals surface area contributed by atoms with Crippen LogP contribution in [0.1, 0.15) is 17.3 Å². The summed E-state index contributed by atoms with van der Waals surface area (Å²) in [6.07, 6.45) is 2.80. The van der Waals surface area contributed by atoms with Crippen molar-refractivity contribution in [2.45, 2.75) is 6.92 Å². The fourth-order valence-electron chi connectivity index (χ4n) is 1.28. The Balaban J connectivity index is 2.35.